The maximum Gasteiger partial charge on any atom is 0.228 e. The molecule has 1 aromatic carbocycles. The van der Waals surface area contributed by atoms with Crippen molar-refractivity contribution in [2.24, 2.45) is 18.4 Å². The van der Waals surface area contributed by atoms with Crippen LogP contribution < -0.4 is 5.32 Å². The molecule has 0 aliphatic carbocycles. The third-order valence-corrected chi connectivity index (χ3v) is 6.34. The van der Waals surface area contributed by atoms with Crippen molar-refractivity contribution < 1.29 is 9.53 Å². The van der Waals surface area contributed by atoms with Crippen LogP contribution in [0.5, 0.6) is 0 Å². The van der Waals surface area contributed by atoms with Crippen molar-refractivity contribution in [3.63, 3.8) is 0 Å². The minimum atomic E-state index is 0.0325. The van der Waals surface area contributed by atoms with Gasteiger partial charge in [-0.3, -0.25) is 9.48 Å². The molecule has 1 amide bonds. The number of pyridine rings is 1. The summed E-state index contributed by atoms with van der Waals surface area (Å²) in [7, 11) is 1.85. The first-order chi connectivity index (χ1) is 15.0. The molecule has 162 valence electrons. The summed E-state index contributed by atoms with van der Waals surface area (Å²) in [6.45, 7) is 6.94. The van der Waals surface area contributed by atoms with E-state index < -0.39 is 0 Å². The van der Waals surface area contributed by atoms with Gasteiger partial charge < -0.3 is 15.0 Å². The molecule has 8 heteroatoms. The molecule has 8 nitrogen and oxygen atoms in total. The molecule has 0 atom stereocenters. The number of aromatic nitrogens is 4. The fourth-order valence-corrected chi connectivity index (χ4v) is 4.51. The Hall–Kier alpha value is -2.84. The van der Waals surface area contributed by atoms with E-state index in [1.165, 1.54) is 0 Å². The number of ether oxygens (including phenoxy) is 1. The van der Waals surface area contributed by atoms with Crippen LogP contribution in [-0.2, 0) is 16.6 Å². The third-order valence-electron chi connectivity index (χ3n) is 6.34. The average molecular weight is 421 g/mol. The zero-order chi connectivity index (χ0) is 21.4. The van der Waals surface area contributed by atoms with Crippen LogP contribution in [0, 0.1) is 11.3 Å². The second-order valence-corrected chi connectivity index (χ2v) is 9.25. The van der Waals surface area contributed by atoms with E-state index in [2.05, 4.69) is 38.5 Å². The Morgan fingerprint density at radius 1 is 1.23 bits per heavy atom. The Morgan fingerprint density at radius 2 is 2.03 bits per heavy atom. The molecule has 0 bridgehead atoms. The number of amides is 1. The number of anilines is 1. The van der Waals surface area contributed by atoms with Crippen molar-refractivity contribution in [1.29, 1.82) is 0 Å². The lowest BCUT2D eigenvalue weighted by Gasteiger charge is -2.43. The second kappa shape index (κ2) is 8.01. The summed E-state index contributed by atoms with van der Waals surface area (Å²) in [6, 6.07) is 8.01. The Bertz CT molecular complexity index is 1100. The monoisotopic (exact) mass is 420 g/mol. The molecule has 2 fully saturated rings. The lowest BCUT2D eigenvalue weighted by atomic mass is 9.86. The summed E-state index contributed by atoms with van der Waals surface area (Å²) >= 11 is 0. The van der Waals surface area contributed by atoms with Gasteiger partial charge in [-0.2, -0.15) is 0 Å². The van der Waals surface area contributed by atoms with Crippen LogP contribution in [0.4, 0.5) is 5.82 Å². The van der Waals surface area contributed by atoms with E-state index in [1.807, 2.05) is 31.4 Å². The predicted molar refractivity (Wildman–Crippen MR) is 118 cm³/mol. The second-order valence-electron chi connectivity index (χ2n) is 9.25. The topological polar surface area (TPSA) is 85.2 Å². The SMILES string of the molecule is Cn1cc(-c2ccc3cnc(NC(=O)C4CCN(CC5(C)COC5)CC4)cc3c2)nn1. The first kappa shape index (κ1) is 20.1. The van der Waals surface area contributed by atoms with Gasteiger partial charge in [-0.25, -0.2) is 4.98 Å². The molecule has 0 radical (unpaired) electrons. The van der Waals surface area contributed by atoms with Crippen molar-refractivity contribution in [3.05, 3.63) is 36.7 Å². The minimum Gasteiger partial charge on any atom is -0.380 e. The quantitative estimate of drug-likeness (QED) is 0.683. The molecular formula is C23H28N6O2. The molecule has 5 rings (SSSR count). The summed E-state index contributed by atoms with van der Waals surface area (Å²) in [5, 5.41) is 13.2. The fraction of sp³-hybridized carbons (Fsp3) is 0.478. The number of hydrogen-bond donors (Lipinski definition) is 1. The summed E-state index contributed by atoms with van der Waals surface area (Å²) in [5.74, 6) is 0.690. The van der Waals surface area contributed by atoms with Crippen LogP contribution in [0.2, 0.25) is 0 Å². The third kappa shape index (κ3) is 4.31. The summed E-state index contributed by atoms with van der Waals surface area (Å²) in [4.78, 5) is 19.8. The molecule has 31 heavy (non-hydrogen) atoms. The van der Waals surface area contributed by atoms with E-state index in [1.54, 1.807) is 10.9 Å². The first-order valence-electron chi connectivity index (χ1n) is 10.8. The molecular weight excluding hydrogens is 392 g/mol. The van der Waals surface area contributed by atoms with Gasteiger partial charge in [-0.1, -0.05) is 24.3 Å². The lowest BCUT2D eigenvalue weighted by Crippen LogP contribution is -2.51. The zero-order valence-electron chi connectivity index (χ0n) is 18.0. The molecule has 2 saturated heterocycles. The Morgan fingerprint density at radius 3 is 2.71 bits per heavy atom. The molecule has 2 aliphatic rings. The van der Waals surface area contributed by atoms with Gasteiger partial charge in [-0.15, -0.1) is 5.10 Å². The fourth-order valence-electron chi connectivity index (χ4n) is 4.51. The number of benzene rings is 1. The number of rotatable bonds is 5. The predicted octanol–water partition coefficient (Wildman–Crippen LogP) is 2.72. The number of likely N-dealkylation sites (tertiary alicyclic amines) is 1. The van der Waals surface area contributed by atoms with Gasteiger partial charge in [0, 0.05) is 42.1 Å². The molecule has 0 spiro atoms. The summed E-state index contributed by atoms with van der Waals surface area (Å²) in [6.07, 6.45) is 5.45. The van der Waals surface area contributed by atoms with E-state index in [0.29, 0.717) is 5.82 Å². The highest BCUT2D eigenvalue weighted by molar-refractivity contribution is 5.95. The van der Waals surface area contributed by atoms with Gasteiger partial charge in [0.25, 0.3) is 0 Å². The maximum atomic E-state index is 12.8. The molecule has 2 aliphatic heterocycles. The molecule has 0 unspecified atom stereocenters. The number of nitrogens with zero attached hydrogens (tertiary/aromatic N) is 5. The zero-order valence-corrected chi connectivity index (χ0v) is 18.0. The molecule has 4 heterocycles. The molecule has 1 N–H and O–H groups in total. The van der Waals surface area contributed by atoms with Gasteiger partial charge >= 0.3 is 0 Å². The van der Waals surface area contributed by atoms with E-state index in [-0.39, 0.29) is 17.2 Å². The van der Waals surface area contributed by atoms with Gasteiger partial charge in [-0.05, 0) is 43.5 Å². The van der Waals surface area contributed by atoms with Crippen molar-refractivity contribution in [3.8, 4) is 11.3 Å². The minimum absolute atomic E-state index is 0.0325. The largest absolute Gasteiger partial charge is 0.380 e. The Labute approximate surface area is 181 Å². The summed E-state index contributed by atoms with van der Waals surface area (Å²) in [5.41, 5.74) is 2.09. The average Bonchev–Trinajstić information content (AvgIpc) is 3.19. The van der Waals surface area contributed by atoms with Crippen molar-refractivity contribution >= 4 is 22.5 Å². The van der Waals surface area contributed by atoms with E-state index in [4.69, 9.17) is 4.74 Å². The number of carbonyl (C=O) groups is 1. The number of aryl methyl sites for hydroxylation is 1. The normalized spacial score (nSPS) is 19.3. The number of carbonyl (C=O) groups excluding carboxylic acids is 1. The number of nitrogens with one attached hydrogen (secondary N) is 1. The smallest absolute Gasteiger partial charge is 0.228 e. The number of fused-ring (bicyclic) bond motifs is 1. The van der Waals surface area contributed by atoms with Crippen molar-refractivity contribution in [1.82, 2.24) is 24.9 Å². The Balaban J connectivity index is 1.23. The van der Waals surface area contributed by atoms with Crippen molar-refractivity contribution in [2.45, 2.75) is 19.8 Å². The molecule has 3 aromatic rings. The van der Waals surface area contributed by atoms with E-state index in [9.17, 15) is 4.79 Å². The number of piperidine rings is 1. The molecule has 0 saturated carbocycles. The van der Waals surface area contributed by atoms with Crippen LogP contribution in [0.1, 0.15) is 19.8 Å². The highest BCUT2D eigenvalue weighted by Gasteiger charge is 2.36. The van der Waals surface area contributed by atoms with Crippen LogP contribution in [0.15, 0.2) is 36.7 Å². The van der Waals surface area contributed by atoms with Crippen LogP contribution in [-0.4, -0.2) is 63.6 Å². The van der Waals surface area contributed by atoms with Crippen LogP contribution in [0.25, 0.3) is 22.0 Å². The van der Waals surface area contributed by atoms with E-state index >= 15 is 0 Å². The summed E-state index contributed by atoms with van der Waals surface area (Å²) < 4.78 is 7.05. The van der Waals surface area contributed by atoms with Crippen molar-refractivity contribution in [2.75, 3.05) is 38.2 Å². The van der Waals surface area contributed by atoms with Gasteiger partial charge in [0.2, 0.25) is 5.91 Å². The van der Waals surface area contributed by atoms with Gasteiger partial charge in [0.15, 0.2) is 0 Å². The number of hydrogen-bond acceptors (Lipinski definition) is 6. The van der Waals surface area contributed by atoms with Gasteiger partial charge in [0.1, 0.15) is 11.5 Å². The maximum absolute atomic E-state index is 12.8. The highest BCUT2D eigenvalue weighted by Crippen LogP contribution is 2.30. The Kier molecular flexibility index (Phi) is 5.19. The lowest BCUT2D eigenvalue weighted by molar-refractivity contribution is -0.125. The first-order valence-corrected chi connectivity index (χ1v) is 10.8. The molecule has 2 aromatic heterocycles. The highest BCUT2D eigenvalue weighted by atomic mass is 16.5. The van der Waals surface area contributed by atoms with Crippen LogP contribution >= 0.6 is 0 Å². The van der Waals surface area contributed by atoms with Crippen LogP contribution in [0.3, 0.4) is 0 Å². The standard InChI is InChI=1S/C23H28N6O2/c1-23(14-31-15-23)13-29-7-5-16(6-8-29)22(30)25-21-10-19-9-17(3-4-18(19)11-24-21)20-12-28(2)27-26-20/h3-4,9-12,16H,5-8,13-15H2,1-2H3,(H,24,25,30). The van der Waals surface area contributed by atoms with Gasteiger partial charge in [0.05, 0.1) is 19.4 Å². The van der Waals surface area contributed by atoms with E-state index in [0.717, 1.165) is 67.7 Å².